The first-order chi connectivity index (χ1) is 7.82. The first-order valence-corrected chi connectivity index (χ1v) is 5.61. The number of carbonyl (C=O) groups excluding carboxylic acids is 2. The maximum absolute atomic E-state index is 11.9. The van der Waals surface area contributed by atoms with Gasteiger partial charge >= 0.3 is 5.97 Å². The van der Waals surface area contributed by atoms with Crippen molar-refractivity contribution in [1.82, 2.24) is 4.90 Å². The lowest BCUT2D eigenvalue weighted by atomic mass is 9.97. The molecule has 0 aromatic rings. The van der Waals surface area contributed by atoms with Crippen molar-refractivity contribution in [2.75, 3.05) is 0 Å². The summed E-state index contributed by atoms with van der Waals surface area (Å²) < 4.78 is 0. The summed E-state index contributed by atoms with van der Waals surface area (Å²) in [5.41, 5.74) is 0.675. The minimum atomic E-state index is -1.14. The van der Waals surface area contributed by atoms with Gasteiger partial charge in [-0.25, -0.2) is 4.79 Å². The van der Waals surface area contributed by atoms with Crippen LogP contribution in [0.2, 0.25) is 0 Å². The van der Waals surface area contributed by atoms with Crippen LogP contribution >= 0.6 is 0 Å². The van der Waals surface area contributed by atoms with E-state index >= 15 is 0 Å². The Morgan fingerprint density at radius 1 is 1.24 bits per heavy atom. The van der Waals surface area contributed by atoms with Crippen LogP contribution in [0.15, 0.2) is 11.1 Å². The summed E-state index contributed by atoms with van der Waals surface area (Å²) in [6.07, 6.45) is 0.589. The summed E-state index contributed by atoms with van der Waals surface area (Å²) in [6.45, 7) is 6.65. The highest BCUT2D eigenvalue weighted by Crippen LogP contribution is 2.26. The zero-order valence-corrected chi connectivity index (χ0v) is 10.5. The van der Waals surface area contributed by atoms with E-state index < -0.39 is 23.8 Å². The van der Waals surface area contributed by atoms with Gasteiger partial charge in [0.25, 0.3) is 11.8 Å². The smallest absolute Gasteiger partial charge is 0.327 e. The van der Waals surface area contributed by atoms with Crippen LogP contribution in [0.25, 0.3) is 0 Å². The Labute approximate surface area is 100 Å². The highest BCUT2D eigenvalue weighted by molar-refractivity contribution is 6.20. The number of imide groups is 1. The number of carboxylic acids is 1. The monoisotopic (exact) mass is 239 g/mol. The van der Waals surface area contributed by atoms with Crippen LogP contribution < -0.4 is 0 Å². The maximum atomic E-state index is 11.9. The Morgan fingerprint density at radius 2 is 1.65 bits per heavy atom. The quantitative estimate of drug-likeness (QED) is 0.748. The van der Waals surface area contributed by atoms with Crippen molar-refractivity contribution in [3.05, 3.63) is 11.1 Å². The van der Waals surface area contributed by atoms with Crippen LogP contribution in [0.1, 0.15) is 34.1 Å². The first kappa shape index (κ1) is 13.4. The molecule has 1 aliphatic rings. The molecule has 94 valence electrons. The maximum Gasteiger partial charge on any atom is 0.327 e. The molecule has 2 amide bonds. The van der Waals surface area contributed by atoms with Crippen molar-refractivity contribution >= 4 is 17.8 Å². The third-order valence-corrected chi connectivity index (χ3v) is 3.36. The molecule has 1 rings (SSSR count). The van der Waals surface area contributed by atoms with E-state index in [4.69, 9.17) is 0 Å². The lowest BCUT2D eigenvalue weighted by Crippen LogP contribution is -2.49. The van der Waals surface area contributed by atoms with Crippen molar-refractivity contribution in [3.63, 3.8) is 0 Å². The van der Waals surface area contributed by atoms with Crippen LogP contribution in [0.4, 0.5) is 0 Å². The van der Waals surface area contributed by atoms with Crippen molar-refractivity contribution in [1.29, 1.82) is 0 Å². The molecule has 0 fully saturated rings. The predicted octanol–water partition coefficient (Wildman–Crippen LogP) is 1.19. The molecule has 1 aliphatic heterocycles. The number of hydrogen-bond donors (Lipinski definition) is 1. The van der Waals surface area contributed by atoms with E-state index in [9.17, 15) is 19.5 Å². The third kappa shape index (κ3) is 2.09. The fraction of sp³-hybridized carbons (Fsp3) is 0.583. The molecular weight excluding hydrogens is 222 g/mol. The molecule has 0 aromatic heterocycles. The second kappa shape index (κ2) is 4.69. The Morgan fingerprint density at radius 3 is 1.94 bits per heavy atom. The molecule has 0 saturated carbocycles. The van der Waals surface area contributed by atoms with Crippen molar-refractivity contribution in [3.8, 4) is 0 Å². The molecule has 0 saturated heterocycles. The van der Waals surface area contributed by atoms with E-state index in [1.54, 1.807) is 20.8 Å². The molecule has 0 aromatic carbocycles. The highest BCUT2D eigenvalue weighted by Gasteiger charge is 2.43. The normalized spacial score (nSPS) is 19.9. The van der Waals surface area contributed by atoms with Gasteiger partial charge in [-0.1, -0.05) is 20.3 Å². The number of carboxylic acid groups (broad SMARTS) is 1. The molecule has 0 aliphatic carbocycles. The zero-order valence-electron chi connectivity index (χ0n) is 10.5. The summed E-state index contributed by atoms with van der Waals surface area (Å²) in [5.74, 6) is -2.37. The molecule has 5 heteroatoms. The van der Waals surface area contributed by atoms with Crippen molar-refractivity contribution < 1.29 is 19.5 Å². The molecule has 0 bridgehead atoms. The van der Waals surface area contributed by atoms with Gasteiger partial charge in [-0.2, -0.15) is 0 Å². The van der Waals surface area contributed by atoms with E-state index in [1.807, 2.05) is 6.92 Å². The first-order valence-electron chi connectivity index (χ1n) is 5.61. The molecule has 2 atom stereocenters. The van der Waals surface area contributed by atoms with Crippen LogP contribution in [0.3, 0.4) is 0 Å². The lowest BCUT2D eigenvalue weighted by Gasteiger charge is -2.27. The molecule has 0 radical (unpaired) electrons. The summed E-state index contributed by atoms with van der Waals surface area (Å²) in [5, 5.41) is 9.18. The summed E-state index contributed by atoms with van der Waals surface area (Å²) >= 11 is 0. The van der Waals surface area contributed by atoms with Gasteiger partial charge in [0.15, 0.2) is 0 Å². The molecule has 5 nitrogen and oxygen atoms in total. The van der Waals surface area contributed by atoms with Crippen LogP contribution in [-0.2, 0) is 14.4 Å². The SMILES string of the molecule is CCC(C)C(C(=O)O)N1C(=O)C(C)=C(C)C1=O. The molecular formula is C12H17NO4. The van der Waals surface area contributed by atoms with Gasteiger partial charge in [0.1, 0.15) is 6.04 Å². The summed E-state index contributed by atoms with van der Waals surface area (Å²) in [4.78, 5) is 35.9. The second-order valence-electron chi connectivity index (χ2n) is 4.40. The Kier molecular flexibility index (Phi) is 3.70. The van der Waals surface area contributed by atoms with Gasteiger partial charge in [-0.15, -0.1) is 0 Å². The number of rotatable bonds is 4. The lowest BCUT2D eigenvalue weighted by molar-refractivity contribution is -0.156. The zero-order chi connectivity index (χ0) is 13.3. The van der Waals surface area contributed by atoms with Crippen molar-refractivity contribution in [2.45, 2.75) is 40.2 Å². The van der Waals surface area contributed by atoms with Gasteiger partial charge in [0, 0.05) is 11.1 Å². The number of amides is 2. The summed E-state index contributed by atoms with van der Waals surface area (Å²) in [7, 11) is 0. The van der Waals surface area contributed by atoms with Crippen LogP contribution in [-0.4, -0.2) is 33.8 Å². The van der Waals surface area contributed by atoms with Crippen molar-refractivity contribution in [2.24, 2.45) is 5.92 Å². The predicted molar refractivity (Wildman–Crippen MR) is 61.1 cm³/mol. The molecule has 17 heavy (non-hydrogen) atoms. The topological polar surface area (TPSA) is 74.7 Å². The Bertz CT molecular complexity index is 387. The Hall–Kier alpha value is -1.65. The van der Waals surface area contributed by atoms with Gasteiger partial charge < -0.3 is 5.11 Å². The van der Waals surface area contributed by atoms with E-state index in [-0.39, 0.29) is 5.92 Å². The molecule has 1 heterocycles. The minimum absolute atomic E-state index is 0.265. The largest absolute Gasteiger partial charge is 0.480 e. The number of aliphatic carboxylic acids is 1. The summed E-state index contributed by atoms with van der Waals surface area (Å²) in [6, 6.07) is -1.08. The fourth-order valence-corrected chi connectivity index (χ4v) is 1.86. The average Bonchev–Trinajstić information content (AvgIpc) is 2.46. The number of hydrogen-bond acceptors (Lipinski definition) is 3. The number of carbonyl (C=O) groups is 3. The standard InChI is InChI=1S/C12H17NO4/c1-5-6(2)9(12(16)17)13-10(14)7(3)8(4)11(13)15/h6,9H,5H2,1-4H3,(H,16,17). The van der Waals surface area contributed by atoms with E-state index in [0.29, 0.717) is 17.6 Å². The minimum Gasteiger partial charge on any atom is -0.480 e. The van der Waals surface area contributed by atoms with Gasteiger partial charge in [0.05, 0.1) is 0 Å². The van der Waals surface area contributed by atoms with Gasteiger partial charge in [-0.3, -0.25) is 14.5 Å². The molecule has 1 N–H and O–H groups in total. The second-order valence-corrected chi connectivity index (χ2v) is 4.40. The Balaban J connectivity index is 3.12. The van der Waals surface area contributed by atoms with Crippen LogP contribution in [0, 0.1) is 5.92 Å². The van der Waals surface area contributed by atoms with E-state index in [1.165, 1.54) is 0 Å². The molecule has 0 spiro atoms. The third-order valence-electron chi connectivity index (χ3n) is 3.36. The van der Waals surface area contributed by atoms with Gasteiger partial charge in [0.2, 0.25) is 0 Å². The highest BCUT2D eigenvalue weighted by atomic mass is 16.4. The van der Waals surface area contributed by atoms with E-state index in [2.05, 4.69) is 0 Å². The van der Waals surface area contributed by atoms with E-state index in [0.717, 1.165) is 4.90 Å². The average molecular weight is 239 g/mol. The van der Waals surface area contributed by atoms with Gasteiger partial charge in [-0.05, 0) is 19.8 Å². The molecule has 2 unspecified atom stereocenters. The fourth-order valence-electron chi connectivity index (χ4n) is 1.86. The van der Waals surface area contributed by atoms with Crippen LogP contribution in [0.5, 0.6) is 0 Å². The number of nitrogens with zero attached hydrogens (tertiary/aromatic N) is 1.